The highest BCUT2D eigenvalue weighted by molar-refractivity contribution is 6.36. The van der Waals surface area contributed by atoms with Crippen LogP contribution in [0.4, 0.5) is 0 Å². The average Bonchev–Trinajstić information content (AvgIpc) is 2.78. The van der Waals surface area contributed by atoms with Gasteiger partial charge >= 0.3 is 0 Å². The summed E-state index contributed by atoms with van der Waals surface area (Å²) in [5.74, 6) is -0.494. The zero-order valence-electron chi connectivity index (χ0n) is 20.0. The summed E-state index contributed by atoms with van der Waals surface area (Å²) in [6.07, 6.45) is 0.318. The van der Waals surface area contributed by atoms with E-state index >= 15 is 0 Å². The molecule has 0 aliphatic carbocycles. The van der Waals surface area contributed by atoms with Crippen LogP contribution in [0.5, 0.6) is 0 Å². The molecule has 0 bridgehead atoms. The number of amides is 2. The molecule has 3 aromatic carbocycles. The summed E-state index contributed by atoms with van der Waals surface area (Å²) < 4.78 is 0. The van der Waals surface area contributed by atoms with Crippen LogP contribution in [0, 0.1) is 0 Å². The predicted octanol–water partition coefficient (Wildman–Crippen LogP) is 6.74. The fraction of sp³-hybridized carbons (Fsp3) is 0.286. The van der Waals surface area contributed by atoms with Crippen molar-refractivity contribution < 1.29 is 9.59 Å². The number of nitrogens with zero attached hydrogens (tertiary/aromatic N) is 1. The Balaban J connectivity index is 2.03. The van der Waals surface area contributed by atoms with Crippen molar-refractivity contribution in [3.8, 4) is 0 Å². The molecule has 1 atom stereocenters. The third kappa shape index (κ3) is 7.99. The second kappa shape index (κ2) is 11.9. The van der Waals surface area contributed by atoms with E-state index in [-0.39, 0.29) is 24.8 Å². The van der Waals surface area contributed by atoms with Gasteiger partial charge in [-0.1, -0.05) is 83.3 Å². The third-order valence-electron chi connectivity index (χ3n) is 5.40. The lowest BCUT2D eigenvalue weighted by Gasteiger charge is -2.34. The number of hydrogen-bond acceptors (Lipinski definition) is 2. The number of carbonyl (C=O) groups is 2. The molecule has 0 saturated carbocycles. The van der Waals surface area contributed by atoms with Gasteiger partial charge in [-0.25, -0.2) is 0 Å². The highest BCUT2D eigenvalue weighted by Gasteiger charge is 2.32. The van der Waals surface area contributed by atoms with Crippen LogP contribution in [-0.4, -0.2) is 28.3 Å². The van der Waals surface area contributed by atoms with E-state index in [1.54, 1.807) is 35.2 Å². The fourth-order valence-corrected chi connectivity index (χ4v) is 4.54. The lowest BCUT2D eigenvalue weighted by molar-refractivity contribution is -0.141. The van der Waals surface area contributed by atoms with E-state index in [4.69, 9.17) is 34.8 Å². The summed E-state index contributed by atoms with van der Waals surface area (Å²) >= 11 is 19.0. The molecule has 4 nitrogen and oxygen atoms in total. The molecule has 7 heteroatoms. The van der Waals surface area contributed by atoms with Crippen LogP contribution in [0.25, 0.3) is 0 Å². The highest BCUT2D eigenvalue weighted by Crippen LogP contribution is 2.26. The number of hydrogen-bond donors (Lipinski definition) is 1. The van der Waals surface area contributed by atoms with Crippen LogP contribution in [0.1, 0.15) is 37.5 Å². The molecular formula is C28H29Cl3N2O2. The molecule has 0 radical (unpaired) electrons. The Kier molecular flexibility index (Phi) is 9.23. The van der Waals surface area contributed by atoms with Crippen molar-refractivity contribution in [3.05, 3.63) is 105 Å². The van der Waals surface area contributed by atoms with Gasteiger partial charge in [0.05, 0.1) is 6.42 Å². The Labute approximate surface area is 222 Å². The van der Waals surface area contributed by atoms with Gasteiger partial charge < -0.3 is 10.2 Å². The Bertz CT molecular complexity index is 1160. The molecule has 2 amide bonds. The topological polar surface area (TPSA) is 49.4 Å². The van der Waals surface area contributed by atoms with E-state index in [9.17, 15) is 9.59 Å². The molecule has 0 aliphatic heterocycles. The molecule has 0 saturated heterocycles. The standard InChI is InChI=1S/C28H29Cl3N2O2/c1-28(2,3)32-27(35)25(16-19-9-5-4-6-10-19)33(18-20-11-7-12-21(29)15-20)26(34)17-22-23(30)13-8-14-24(22)31/h4-15,25H,16-18H2,1-3H3,(H,32,35)/t25-/m1/s1. The minimum absolute atomic E-state index is 0.0346. The fourth-order valence-electron chi connectivity index (χ4n) is 3.79. The number of rotatable bonds is 8. The van der Waals surface area contributed by atoms with Gasteiger partial charge in [-0.15, -0.1) is 0 Å². The summed E-state index contributed by atoms with van der Waals surface area (Å²) in [7, 11) is 0. The molecule has 3 aromatic rings. The first-order chi connectivity index (χ1) is 16.5. The van der Waals surface area contributed by atoms with Crippen molar-refractivity contribution >= 4 is 46.6 Å². The van der Waals surface area contributed by atoms with Gasteiger partial charge in [0.15, 0.2) is 0 Å². The maximum Gasteiger partial charge on any atom is 0.243 e. The molecule has 3 rings (SSSR count). The number of benzene rings is 3. The van der Waals surface area contributed by atoms with Crippen LogP contribution in [-0.2, 0) is 29.0 Å². The lowest BCUT2D eigenvalue weighted by atomic mass is 9.99. The zero-order valence-corrected chi connectivity index (χ0v) is 22.3. The molecule has 0 heterocycles. The zero-order chi connectivity index (χ0) is 25.6. The predicted molar refractivity (Wildman–Crippen MR) is 144 cm³/mol. The van der Waals surface area contributed by atoms with Crippen LogP contribution in [0.15, 0.2) is 72.8 Å². The van der Waals surface area contributed by atoms with Gasteiger partial charge in [-0.2, -0.15) is 0 Å². The SMILES string of the molecule is CC(C)(C)NC(=O)[C@@H](Cc1ccccc1)N(Cc1cccc(Cl)c1)C(=O)Cc1c(Cl)cccc1Cl. The monoisotopic (exact) mass is 530 g/mol. The molecule has 0 fully saturated rings. The van der Waals surface area contributed by atoms with E-state index in [1.165, 1.54) is 0 Å². The van der Waals surface area contributed by atoms with Crippen molar-refractivity contribution in [2.45, 2.75) is 51.7 Å². The number of carbonyl (C=O) groups excluding carboxylic acids is 2. The maximum absolute atomic E-state index is 13.8. The first-order valence-electron chi connectivity index (χ1n) is 11.4. The Morgan fingerprint density at radius 1 is 0.857 bits per heavy atom. The number of halogens is 3. The van der Waals surface area contributed by atoms with Gasteiger partial charge in [-0.05, 0) is 61.7 Å². The molecule has 184 valence electrons. The molecule has 0 aliphatic rings. The van der Waals surface area contributed by atoms with Gasteiger partial charge in [-0.3, -0.25) is 9.59 Å². The van der Waals surface area contributed by atoms with Crippen molar-refractivity contribution in [1.29, 1.82) is 0 Å². The lowest BCUT2D eigenvalue weighted by Crippen LogP contribution is -2.54. The number of nitrogens with one attached hydrogen (secondary N) is 1. The van der Waals surface area contributed by atoms with E-state index in [2.05, 4.69) is 5.32 Å². The minimum atomic E-state index is -0.760. The van der Waals surface area contributed by atoms with E-state index in [0.29, 0.717) is 27.1 Å². The van der Waals surface area contributed by atoms with Crippen molar-refractivity contribution in [2.24, 2.45) is 0 Å². The summed E-state index contributed by atoms with van der Waals surface area (Å²) in [5.41, 5.74) is 1.83. The largest absolute Gasteiger partial charge is 0.350 e. The minimum Gasteiger partial charge on any atom is -0.350 e. The first-order valence-corrected chi connectivity index (χ1v) is 12.5. The van der Waals surface area contributed by atoms with Crippen LogP contribution >= 0.6 is 34.8 Å². The molecule has 35 heavy (non-hydrogen) atoms. The normalized spacial score (nSPS) is 12.2. The van der Waals surface area contributed by atoms with E-state index in [1.807, 2.05) is 63.2 Å². The quantitative estimate of drug-likeness (QED) is 0.350. The second-order valence-corrected chi connectivity index (χ2v) is 10.7. The summed E-state index contributed by atoms with van der Waals surface area (Å²) in [5, 5.41) is 4.42. The maximum atomic E-state index is 13.8. The van der Waals surface area contributed by atoms with Gasteiger partial charge in [0, 0.05) is 33.6 Å². The summed E-state index contributed by atoms with van der Waals surface area (Å²) in [6, 6.07) is 21.3. The van der Waals surface area contributed by atoms with Crippen molar-refractivity contribution in [1.82, 2.24) is 10.2 Å². The van der Waals surface area contributed by atoms with Gasteiger partial charge in [0.1, 0.15) is 6.04 Å². The summed E-state index contributed by atoms with van der Waals surface area (Å²) in [6.45, 7) is 5.95. The second-order valence-electron chi connectivity index (χ2n) is 9.47. The average molecular weight is 532 g/mol. The molecule has 0 spiro atoms. The molecule has 1 N–H and O–H groups in total. The Morgan fingerprint density at radius 2 is 1.46 bits per heavy atom. The third-order valence-corrected chi connectivity index (χ3v) is 6.34. The first kappa shape index (κ1) is 27.1. The van der Waals surface area contributed by atoms with Crippen LogP contribution in [0.3, 0.4) is 0 Å². The smallest absolute Gasteiger partial charge is 0.243 e. The molecule has 0 aromatic heterocycles. The van der Waals surface area contributed by atoms with Crippen LogP contribution < -0.4 is 5.32 Å². The van der Waals surface area contributed by atoms with E-state index < -0.39 is 11.6 Å². The van der Waals surface area contributed by atoms with Gasteiger partial charge in [0.2, 0.25) is 11.8 Å². The van der Waals surface area contributed by atoms with E-state index in [0.717, 1.165) is 11.1 Å². The van der Waals surface area contributed by atoms with Gasteiger partial charge in [0.25, 0.3) is 0 Å². The summed E-state index contributed by atoms with van der Waals surface area (Å²) in [4.78, 5) is 29.0. The van der Waals surface area contributed by atoms with Crippen molar-refractivity contribution in [3.63, 3.8) is 0 Å². The van der Waals surface area contributed by atoms with Crippen LogP contribution in [0.2, 0.25) is 15.1 Å². The Hall–Kier alpha value is -2.53. The molecular weight excluding hydrogens is 503 g/mol. The Morgan fingerprint density at radius 3 is 2.06 bits per heavy atom. The molecule has 0 unspecified atom stereocenters. The van der Waals surface area contributed by atoms with Crippen molar-refractivity contribution in [2.75, 3.05) is 0 Å². The highest BCUT2D eigenvalue weighted by atomic mass is 35.5.